The molecule has 0 fully saturated rings. The van der Waals surface area contributed by atoms with E-state index in [9.17, 15) is 9.59 Å². The topological polar surface area (TPSA) is 97.0 Å². The Balaban J connectivity index is 1.93. The first-order valence-corrected chi connectivity index (χ1v) is 8.04. The summed E-state index contributed by atoms with van der Waals surface area (Å²) in [6.45, 7) is 3.24. The Labute approximate surface area is 155 Å². The number of aryl methyl sites for hydroxylation is 2. The lowest BCUT2D eigenvalue weighted by Gasteiger charge is -2.07. The smallest absolute Gasteiger partial charge is 0.331 e. The van der Waals surface area contributed by atoms with Crippen LogP contribution in [0, 0.1) is 25.2 Å². The van der Waals surface area contributed by atoms with E-state index in [1.807, 2.05) is 27.0 Å². The third kappa shape index (κ3) is 4.71. The van der Waals surface area contributed by atoms with Crippen LogP contribution < -0.4 is 5.32 Å². The Bertz CT molecular complexity index is 925. The maximum atomic E-state index is 11.9. The number of nitrogens with zero attached hydrogens (tertiary/aromatic N) is 3. The van der Waals surface area contributed by atoms with Gasteiger partial charge in [0.1, 0.15) is 6.07 Å². The lowest BCUT2D eigenvalue weighted by molar-refractivity contribution is -0.142. The molecule has 0 unspecified atom stereocenters. The highest BCUT2D eigenvalue weighted by molar-refractivity contribution is 6.31. The Morgan fingerprint density at radius 1 is 1.42 bits per heavy atom. The fraction of sp³-hybridized carbons (Fsp3) is 0.222. The molecule has 0 saturated heterocycles. The van der Waals surface area contributed by atoms with Gasteiger partial charge in [-0.25, -0.2) is 4.79 Å². The summed E-state index contributed by atoms with van der Waals surface area (Å²) in [5.41, 5.74) is 3.05. The van der Waals surface area contributed by atoms with Gasteiger partial charge in [0.25, 0.3) is 5.91 Å². The van der Waals surface area contributed by atoms with Crippen molar-refractivity contribution in [1.82, 2.24) is 9.78 Å². The largest absolute Gasteiger partial charge is 0.452 e. The van der Waals surface area contributed by atoms with Gasteiger partial charge >= 0.3 is 5.97 Å². The van der Waals surface area contributed by atoms with Crippen molar-refractivity contribution in [2.24, 2.45) is 7.05 Å². The van der Waals surface area contributed by atoms with Gasteiger partial charge in [-0.2, -0.15) is 10.4 Å². The van der Waals surface area contributed by atoms with E-state index in [-0.39, 0.29) is 11.3 Å². The summed E-state index contributed by atoms with van der Waals surface area (Å²) in [6, 6.07) is 6.43. The van der Waals surface area contributed by atoms with Crippen LogP contribution in [0.2, 0.25) is 5.02 Å². The number of halogens is 1. The van der Waals surface area contributed by atoms with Crippen LogP contribution in [-0.2, 0) is 21.4 Å². The van der Waals surface area contributed by atoms with Crippen molar-refractivity contribution in [2.75, 3.05) is 11.9 Å². The summed E-state index contributed by atoms with van der Waals surface area (Å²) in [4.78, 5) is 23.7. The fourth-order valence-electron chi connectivity index (χ4n) is 2.27. The number of benzene rings is 1. The van der Waals surface area contributed by atoms with Crippen LogP contribution in [0.15, 0.2) is 24.3 Å². The molecule has 0 spiro atoms. The number of rotatable bonds is 5. The van der Waals surface area contributed by atoms with Gasteiger partial charge in [0.2, 0.25) is 0 Å². The van der Waals surface area contributed by atoms with Gasteiger partial charge in [-0.3, -0.25) is 9.48 Å². The van der Waals surface area contributed by atoms with E-state index >= 15 is 0 Å². The van der Waals surface area contributed by atoms with E-state index in [0.29, 0.717) is 5.02 Å². The summed E-state index contributed by atoms with van der Waals surface area (Å²) < 4.78 is 6.62. The summed E-state index contributed by atoms with van der Waals surface area (Å²) in [6.07, 6.45) is 2.84. The van der Waals surface area contributed by atoms with E-state index in [4.69, 9.17) is 21.6 Å². The Morgan fingerprint density at radius 3 is 2.77 bits per heavy atom. The van der Waals surface area contributed by atoms with Gasteiger partial charge in [0, 0.05) is 29.4 Å². The average Bonchev–Trinajstić information content (AvgIpc) is 2.83. The van der Waals surface area contributed by atoms with E-state index in [2.05, 4.69) is 10.4 Å². The van der Waals surface area contributed by atoms with Crippen LogP contribution >= 0.6 is 11.6 Å². The maximum absolute atomic E-state index is 11.9. The number of hydrogen-bond donors (Lipinski definition) is 1. The van der Waals surface area contributed by atoms with Crippen molar-refractivity contribution in [2.45, 2.75) is 13.8 Å². The molecule has 1 aromatic heterocycles. The number of ether oxygens (including phenoxy) is 1. The van der Waals surface area contributed by atoms with Gasteiger partial charge in [-0.05, 0) is 38.1 Å². The number of amides is 1. The van der Waals surface area contributed by atoms with Gasteiger partial charge in [-0.15, -0.1) is 0 Å². The number of nitrogens with one attached hydrogen (secondary N) is 1. The van der Waals surface area contributed by atoms with Crippen molar-refractivity contribution in [3.05, 3.63) is 51.8 Å². The summed E-state index contributed by atoms with van der Waals surface area (Å²) in [5.74, 6) is -1.23. The molecule has 0 saturated carbocycles. The molecule has 0 atom stereocenters. The molecule has 0 aliphatic rings. The first-order chi connectivity index (χ1) is 12.3. The van der Waals surface area contributed by atoms with Crippen molar-refractivity contribution < 1.29 is 14.3 Å². The van der Waals surface area contributed by atoms with Crippen LogP contribution in [0.4, 0.5) is 5.69 Å². The monoisotopic (exact) mass is 372 g/mol. The number of hydrogen-bond acceptors (Lipinski definition) is 5. The molecular weight excluding hydrogens is 356 g/mol. The van der Waals surface area contributed by atoms with Crippen molar-refractivity contribution in [3.63, 3.8) is 0 Å². The number of aromatic nitrogens is 2. The van der Waals surface area contributed by atoms with Crippen molar-refractivity contribution in [1.29, 1.82) is 5.26 Å². The predicted octanol–water partition coefficient (Wildman–Crippen LogP) is 2.76. The molecule has 2 rings (SSSR count). The molecule has 2 aromatic rings. The van der Waals surface area contributed by atoms with Crippen LogP contribution in [0.25, 0.3) is 6.08 Å². The number of anilines is 1. The van der Waals surface area contributed by atoms with Crippen LogP contribution in [0.1, 0.15) is 22.5 Å². The predicted molar refractivity (Wildman–Crippen MR) is 97.5 cm³/mol. The highest BCUT2D eigenvalue weighted by atomic mass is 35.5. The minimum atomic E-state index is -0.658. The minimum Gasteiger partial charge on any atom is -0.452 e. The zero-order valence-corrected chi connectivity index (χ0v) is 15.3. The average molecular weight is 373 g/mol. The molecule has 0 bridgehead atoms. The number of carbonyl (C=O) groups is 2. The zero-order chi connectivity index (χ0) is 19.3. The second-order valence-electron chi connectivity index (χ2n) is 5.50. The van der Waals surface area contributed by atoms with Crippen molar-refractivity contribution >= 4 is 35.2 Å². The van der Waals surface area contributed by atoms with Gasteiger partial charge in [0.05, 0.1) is 16.9 Å². The van der Waals surface area contributed by atoms with Gasteiger partial charge in [0.15, 0.2) is 6.61 Å². The Morgan fingerprint density at radius 2 is 2.15 bits per heavy atom. The minimum absolute atomic E-state index is 0.261. The molecule has 1 aromatic carbocycles. The second kappa shape index (κ2) is 8.32. The van der Waals surface area contributed by atoms with Crippen LogP contribution in [0.5, 0.6) is 0 Å². The molecule has 7 nitrogen and oxygen atoms in total. The van der Waals surface area contributed by atoms with E-state index < -0.39 is 18.5 Å². The lowest BCUT2D eigenvalue weighted by Crippen LogP contribution is -2.20. The van der Waals surface area contributed by atoms with E-state index in [1.54, 1.807) is 16.8 Å². The number of carbonyl (C=O) groups excluding carboxylic acids is 2. The third-order valence-corrected chi connectivity index (χ3v) is 3.91. The van der Waals surface area contributed by atoms with E-state index in [1.165, 1.54) is 18.2 Å². The van der Waals surface area contributed by atoms with Gasteiger partial charge in [-0.1, -0.05) is 11.6 Å². The van der Waals surface area contributed by atoms with Crippen LogP contribution in [0.3, 0.4) is 0 Å². The molecule has 0 aliphatic carbocycles. The highest BCUT2D eigenvalue weighted by Gasteiger charge is 2.10. The summed E-state index contributed by atoms with van der Waals surface area (Å²) >= 11 is 5.85. The summed E-state index contributed by atoms with van der Waals surface area (Å²) in [7, 11) is 1.81. The maximum Gasteiger partial charge on any atom is 0.331 e. The molecule has 1 heterocycles. The van der Waals surface area contributed by atoms with E-state index in [0.717, 1.165) is 17.0 Å². The first-order valence-electron chi connectivity index (χ1n) is 7.66. The fourth-order valence-corrected chi connectivity index (χ4v) is 2.44. The molecule has 0 aliphatic heterocycles. The third-order valence-electron chi connectivity index (χ3n) is 3.67. The standard InChI is InChI=1S/C18H17ClN4O3/c1-11-15(12(2)23(3)22-11)6-7-18(25)26-10-17(24)21-16-8-14(19)5-4-13(16)9-20/h4-8H,10H2,1-3H3,(H,21,24)/b7-6+. The number of esters is 1. The quantitative estimate of drug-likeness (QED) is 0.643. The Kier molecular flexibility index (Phi) is 6.15. The molecule has 134 valence electrons. The van der Waals surface area contributed by atoms with Crippen molar-refractivity contribution in [3.8, 4) is 6.07 Å². The summed E-state index contributed by atoms with van der Waals surface area (Å²) in [5, 5.41) is 16.1. The normalized spacial score (nSPS) is 10.6. The van der Waals surface area contributed by atoms with Crippen LogP contribution in [-0.4, -0.2) is 28.3 Å². The second-order valence-corrected chi connectivity index (χ2v) is 5.94. The molecule has 26 heavy (non-hydrogen) atoms. The Hall–Kier alpha value is -3.11. The SMILES string of the molecule is Cc1nn(C)c(C)c1/C=C/C(=O)OCC(=O)Nc1cc(Cl)ccc1C#N. The highest BCUT2D eigenvalue weighted by Crippen LogP contribution is 2.20. The molecule has 1 N–H and O–H groups in total. The molecule has 0 radical (unpaired) electrons. The number of nitriles is 1. The molecule has 1 amide bonds. The first kappa shape index (κ1) is 19.2. The molecular formula is C18H17ClN4O3. The molecule has 8 heteroatoms. The zero-order valence-electron chi connectivity index (χ0n) is 14.5. The lowest BCUT2D eigenvalue weighted by atomic mass is 10.2. The van der Waals surface area contributed by atoms with Gasteiger partial charge < -0.3 is 10.1 Å².